The molecular weight excluding hydrogens is 635 g/mol. The maximum atomic E-state index is 6.70. The van der Waals surface area contributed by atoms with E-state index >= 15 is 0 Å². The van der Waals surface area contributed by atoms with E-state index in [-0.39, 0.29) is 12.0 Å². The highest BCUT2D eigenvalue weighted by molar-refractivity contribution is 6.31. The number of nitrogens with zero attached hydrogens (tertiary/aromatic N) is 3. The normalized spacial score (nSPS) is 16.5. The lowest BCUT2D eigenvalue weighted by Crippen LogP contribution is -2.28. The summed E-state index contributed by atoms with van der Waals surface area (Å²) in [5, 5.41) is 7.09. The molecule has 2 atom stereocenters. The molecule has 0 saturated carbocycles. The molecule has 0 fully saturated rings. The largest absolute Gasteiger partial charge is 0.455 e. The first-order valence-electron chi connectivity index (χ1n) is 18.2. The predicted octanol–water partition coefficient (Wildman–Crippen LogP) is 12.4. The van der Waals surface area contributed by atoms with Crippen LogP contribution in [0, 0.1) is 5.92 Å². The molecule has 10 aromatic rings. The van der Waals surface area contributed by atoms with Gasteiger partial charge in [0.1, 0.15) is 11.2 Å². The lowest BCUT2D eigenvalue weighted by Gasteiger charge is -2.30. The molecule has 0 saturated heterocycles. The van der Waals surface area contributed by atoms with Crippen LogP contribution in [0.1, 0.15) is 36.1 Å². The van der Waals surface area contributed by atoms with Gasteiger partial charge in [-0.25, -0.2) is 4.99 Å². The zero-order chi connectivity index (χ0) is 34.3. The van der Waals surface area contributed by atoms with E-state index in [0.29, 0.717) is 0 Å². The monoisotopic (exact) mass is 667 g/mol. The van der Waals surface area contributed by atoms with E-state index < -0.39 is 0 Å². The minimum Gasteiger partial charge on any atom is -0.455 e. The number of benzene rings is 7. The van der Waals surface area contributed by atoms with Crippen molar-refractivity contribution >= 4 is 71.6 Å². The molecule has 0 radical (unpaired) electrons. The summed E-state index contributed by atoms with van der Waals surface area (Å²) in [5.41, 5.74) is 11.9. The van der Waals surface area contributed by atoms with Crippen LogP contribution in [0.4, 0.5) is 0 Å². The highest BCUT2D eigenvalue weighted by Gasteiger charge is 2.34. The number of hydrogen-bond acceptors (Lipinski definition) is 3. The summed E-state index contributed by atoms with van der Waals surface area (Å²) in [6.45, 7) is 2.26. The topological polar surface area (TPSA) is 42.3 Å². The molecule has 2 unspecified atom stereocenters. The second kappa shape index (κ2) is 11.2. The Balaban J connectivity index is 1.31. The van der Waals surface area contributed by atoms with Crippen LogP contribution in [0.2, 0.25) is 0 Å². The Morgan fingerprint density at radius 1 is 0.577 bits per heavy atom. The van der Waals surface area contributed by atoms with E-state index in [9.17, 15) is 0 Å². The van der Waals surface area contributed by atoms with E-state index in [1.807, 2.05) is 6.07 Å². The van der Waals surface area contributed by atoms with Crippen LogP contribution in [0.25, 0.3) is 71.2 Å². The first kappa shape index (κ1) is 29.2. The Bertz CT molecular complexity index is 3060. The molecule has 3 aromatic heterocycles. The minimum atomic E-state index is -0.100. The van der Waals surface area contributed by atoms with E-state index in [0.717, 1.165) is 73.1 Å². The van der Waals surface area contributed by atoms with Crippen molar-refractivity contribution in [2.45, 2.75) is 19.4 Å². The maximum absolute atomic E-state index is 6.70. The number of fused-ring (bicyclic) bond motifs is 9. The van der Waals surface area contributed by atoms with E-state index in [1.165, 1.54) is 32.8 Å². The van der Waals surface area contributed by atoms with Crippen molar-refractivity contribution in [2.75, 3.05) is 0 Å². The van der Waals surface area contributed by atoms with E-state index in [4.69, 9.17) is 14.4 Å². The van der Waals surface area contributed by atoms with Crippen molar-refractivity contribution in [3.63, 3.8) is 0 Å². The molecule has 52 heavy (non-hydrogen) atoms. The summed E-state index contributed by atoms with van der Waals surface area (Å²) >= 11 is 0. The van der Waals surface area contributed by atoms with Gasteiger partial charge in [0, 0.05) is 49.4 Å². The van der Waals surface area contributed by atoms with Crippen molar-refractivity contribution in [3.05, 3.63) is 174 Å². The molecule has 11 rings (SSSR count). The molecule has 7 aromatic carbocycles. The third-order valence-electron chi connectivity index (χ3n) is 11.2. The van der Waals surface area contributed by atoms with Crippen LogP contribution >= 0.6 is 0 Å². The fraction of sp³-hybridized carbons (Fsp3) is 0.0833. The number of amidine groups is 1. The molecule has 246 valence electrons. The molecule has 0 amide bonds. The van der Waals surface area contributed by atoms with Gasteiger partial charge in [0.05, 0.1) is 28.3 Å². The van der Waals surface area contributed by atoms with Gasteiger partial charge in [0.2, 0.25) is 0 Å². The van der Waals surface area contributed by atoms with Crippen LogP contribution in [-0.2, 0) is 0 Å². The van der Waals surface area contributed by atoms with Gasteiger partial charge >= 0.3 is 0 Å². The van der Waals surface area contributed by atoms with Crippen molar-refractivity contribution in [2.24, 2.45) is 15.9 Å². The molecule has 0 N–H and O–H groups in total. The van der Waals surface area contributed by atoms with Gasteiger partial charge in [-0.15, -0.1) is 0 Å². The number of para-hydroxylation sites is 4. The van der Waals surface area contributed by atoms with Gasteiger partial charge in [-0.3, -0.25) is 4.99 Å². The molecule has 4 heteroatoms. The van der Waals surface area contributed by atoms with Gasteiger partial charge in [0.25, 0.3) is 0 Å². The summed E-state index contributed by atoms with van der Waals surface area (Å²) in [5.74, 6) is 0.873. The van der Waals surface area contributed by atoms with Crippen molar-refractivity contribution in [1.82, 2.24) is 4.40 Å². The van der Waals surface area contributed by atoms with Gasteiger partial charge in [-0.2, -0.15) is 0 Å². The van der Waals surface area contributed by atoms with E-state index in [1.54, 1.807) is 0 Å². The van der Waals surface area contributed by atoms with Crippen LogP contribution in [0.15, 0.2) is 172 Å². The quantitative estimate of drug-likeness (QED) is 0.180. The summed E-state index contributed by atoms with van der Waals surface area (Å²) in [6.07, 6.45) is 0.916. The van der Waals surface area contributed by atoms with Gasteiger partial charge < -0.3 is 8.82 Å². The number of aliphatic imine (C=N–C) groups is 2. The Hall–Kier alpha value is -6.52. The summed E-state index contributed by atoms with van der Waals surface area (Å²) < 4.78 is 9.14. The standard InChI is InChI=1S/C48H33N3O/c1-2-31-44(29-15-5-3-6-16-29)49-48(50-45(31)30-17-7-4-8-18-30)43-34(37-23-14-22-36-33-20-10-12-26-41(33)52-47(36)37)27-28-40-42(43)38-24-13-21-35-32-19-9-11-25-39(32)51(40)46(35)38/h3-28,31,44H,2H2,1H3. The fourth-order valence-electron chi connectivity index (χ4n) is 8.92. The highest BCUT2D eigenvalue weighted by atomic mass is 16.3. The molecular formula is C48H33N3O. The Labute approximate surface area is 300 Å². The van der Waals surface area contributed by atoms with Gasteiger partial charge in [-0.1, -0.05) is 146 Å². The zero-order valence-corrected chi connectivity index (χ0v) is 28.6. The van der Waals surface area contributed by atoms with Crippen LogP contribution in [-0.4, -0.2) is 15.9 Å². The summed E-state index contributed by atoms with van der Waals surface area (Å²) in [6, 6.07) is 56.2. The van der Waals surface area contributed by atoms with Gasteiger partial charge in [-0.05, 0) is 41.3 Å². The molecule has 1 aliphatic rings. The average Bonchev–Trinajstić information content (AvgIpc) is 3.88. The van der Waals surface area contributed by atoms with Gasteiger partial charge in [0.15, 0.2) is 5.84 Å². The Morgan fingerprint density at radius 3 is 2.12 bits per heavy atom. The van der Waals surface area contributed by atoms with Crippen LogP contribution < -0.4 is 0 Å². The summed E-state index contributed by atoms with van der Waals surface area (Å²) in [7, 11) is 0. The second-order valence-electron chi connectivity index (χ2n) is 13.9. The van der Waals surface area contributed by atoms with Crippen molar-refractivity contribution < 1.29 is 4.42 Å². The Morgan fingerprint density at radius 2 is 1.27 bits per heavy atom. The predicted molar refractivity (Wildman–Crippen MR) is 216 cm³/mol. The van der Waals surface area contributed by atoms with Crippen molar-refractivity contribution in [3.8, 4) is 11.1 Å². The minimum absolute atomic E-state index is 0.100. The third-order valence-corrected chi connectivity index (χ3v) is 11.2. The third kappa shape index (κ3) is 4.09. The SMILES string of the molecule is CCC1C(c2ccccc2)=NC(c2c(-c3cccc4c3oc3ccccc34)ccc3c2c2cccc4c5ccccc5n3c42)=NC1c1ccccc1. The zero-order valence-electron chi connectivity index (χ0n) is 28.6. The first-order valence-corrected chi connectivity index (χ1v) is 18.2. The van der Waals surface area contributed by atoms with Crippen molar-refractivity contribution in [1.29, 1.82) is 0 Å². The average molecular weight is 668 g/mol. The molecule has 0 bridgehead atoms. The molecule has 0 spiro atoms. The number of furan rings is 1. The molecule has 4 heterocycles. The number of aromatic nitrogens is 1. The van der Waals surface area contributed by atoms with Crippen LogP contribution in [0.3, 0.4) is 0 Å². The molecule has 0 aliphatic carbocycles. The molecule has 4 nitrogen and oxygen atoms in total. The summed E-state index contributed by atoms with van der Waals surface area (Å²) in [4.78, 5) is 11.3. The van der Waals surface area contributed by atoms with Crippen LogP contribution in [0.5, 0.6) is 0 Å². The van der Waals surface area contributed by atoms with E-state index in [2.05, 4.69) is 163 Å². The number of rotatable bonds is 5. The molecule has 1 aliphatic heterocycles. The Kier molecular flexibility index (Phi) is 6.32. The second-order valence-corrected chi connectivity index (χ2v) is 13.9. The lowest BCUT2D eigenvalue weighted by molar-refractivity contribution is 0.532. The number of hydrogen-bond donors (Lipinski definition) is 0. The smallest absolute Gasteiger partial charge is 0.156 e. The lowest BCUT2D eigenvalue weighted by atomic mass is 9.82. The first-order chi connectivity index (χ1) is 25.8. The fourth-order valence-corrected chi connectivity index (χ4v) is 8.92. The maximum Gasteiger partial charge on any atom is 0.156 e. The highest BCUT2D eigenvalue weighted by Crippen LogP contribution is 2.46.